The molecule has 0 amide bonds. The predicted octanol–water partition coefficient (Wildman–Crippen LogP) is 4.78. The van der Waals surface area contributed by atoms with Crippen molar-refractivity contribution in [2.75, 3.05) is 4.72 Å². The third-order valence-electron chi connectivity index (χ3n) is 3.10. The van der Waals surface area contributed by atoms with Crippen LogP contribution in [0.5, 0.6) is 0 Å². The van der Waals surface area contributed by atoms with Gasteiger partial charge in [0, 0.05) is 29.6 Å². The SMILES string of the molecule is CC(C)n1nccc1SNc1c(Cl)ccc2cccnc12. The topological polar surface area (TPSA) is 42.7 Å². The zero-order valence-electron chi connectivity index (χ0n) is 11.7. The lowest BCUT2D eigenvalue weighted by Gasteiger charge is -2.13. The van der Waals surface area contributed by atoms with Crippen LogP contribution in [-0.4, -0.2) is 14.8 Å². The highest BCUT2D eigenvalue weighted by atomic mass is 35.5. The molecule has 2 aromatic heterocycles. The van der Waals surface area contributed by atoms with Crippen molar-refractivity contribution >= 4 is 40.1 Å². The quantitative estimate of drug-likeness (QED) is 0.703. The molecule has 0 fully saturated rings. The zero-order chi connectivity index (χ0) is 14.8. The summed E-state index contributed by atoms with van der Waals surface area (Å²) in [5.74, 6) is 0. The van der Waals surface area contributed by atoms with Gasteiger partial charge in [0.05, 0.1) is 22.4 Å². The fraction of sp³-hybridized carbons (Fsp3) is 0.200. The standard InChI is InChI=1S/C15H15ClN4S/c1-10(2)20-13(7-9-18-20)21-19-15-12(16)6-5-11-4-3-8-17-14(11)15/h3-10,19H,1-2H3. The number of aromatic nitrogens is 3. The van der Waals surface area contributed by atoms with Crippen LogP contribution in [0.25, 0.3) is 10.9 Å². The molecular weight excluding hydrogens is 304 g/mol. The van der Waals surface area contributed by atoms with Gasteiger partial charge in [-0.25, -0.2) is 0 Å². The number of fused-ring (bicyclic) bond motifs is 1. The van der Waals surface area contributed by atoms with Gasteiger partial charge in [-0.2, -0.15) is 5.10 Å². The average Bonchev–Trinajstić information content (AvgIpc) is 2.95. The Kier molecular flexibility index (Phi) is 4.03. The third-order valence-corrected chi connectivity index (χ3v) is 4.26. The summed E-state index contributed by atoms with van der Waals surface area (Å²) in [6, 6.07) is 10.1. The molecule has 3 rings (SSSR count). The Morgan fingerprint density at radius 1 is 1.19 bits per heavy atom. The molecule has 3 aromatic rings. The molecule has 4 nitrogen and oxygen atoms in total. The molecule has 6 heteroatoms. The van der Waals surface area contributed by atoms with Crippen LogP contribution in [0.1, 0.15) is 19.9 Å². The van der Waals surface area contributed by atoms with Crippen LogP contribution in [0.4, 0.5) is 5.69 Å². The first-order chi connectivity index (χ1) is 10.2. The van der Waals surface area contributed by atoms with E-state index >= 15 is 0 Å². The van der Waals surface area contributed by atoms with Crippen LogP contribution >= 0.6 is 23.5 Å². The lowest BCUT2D eigenvalue weighted by atomic mass is 10.2. The van der Waals surface area contributed by atoms with E-state index in [0.29, 0.717) is 11.1 Å². The summed E-state index contributed by atoms with van der Waals surface area (Å²) in [6.07, 6.45) is 3.57. The van der Waals surface area contributed by atoms with Gasteiger partial charge in [-0.3, -0.25) is 9.67 Å². The number of nitrogens with one attached hydrogen (secondary N) is 1. The number of hydrogen-bond donors (Lipinski definition) is 1. The third kappa shape index (κ3) is 2.84. The summed E-state index contributed by atoms with van der Waals surface area (Å²) in [7, 11) is 0. The summed E-state index contributed by atoms with van der Waals surface area (Å²) in [5.41, 5.74) is 1.70. The number of halogens is 1. The molecule has 0 aliphatic heterocycles. The molecule has 0 aliphatic rings. The largest absolute Gasteiger partial charge is 0.321 e. The highest BCUT2D eigenvalue weighted by Gasteiger charge is 2.10. The molecule has 0 saturated heterocycles. The van der Waals surface area contributed by atoms with Gasteiger partial charge >= 0.3 is 0 Å². The number of pyridine rings is 1. The van der Waals surface area contributed by atoms with Gasteiger partial charge in [-0.05, 0) is 32.0 Å². The first kappa shape index (κ1) is 14.2. The van der Waals surface area contributed by atoms with Crippen LogP contribution in [0.2, 0.25) is 5.02 Å². The van der Waals surface area contributed by atoms with Crippen LogP contribution in [-0.2, 0) is 0 Å². The van der Waals surface area contributed by atoms with Gasteiger partial charge in [0.15, 0.2) is 0 Å². The number of nitrogens with zero attached hydrogens (tertiary/aromatic N) is 3. The van der Waals surface area contributed by atoms with Gasteiger partial charge in [0.25, 0.3) is 0 Å². The molecule has 1 N–H and O–H groups in total. The van der Waals surface area contributed by atoms with E-state index in [2.05, 4.69) is 28.7 Å². The minimum atomic E-state index is 0.311. The highest BCUT2D eigenvalue weighted by molar-refractivity contribution is 8.00. The normalized spacial score (nSPS) is 11.2. The highest BCUT2D eigenvalue weighted by Crippen LogP contribution is 2.33. The van der Waals surface area contributed by atoms with Crippen molar-refractivity contribution in [1.29, 1.82) is 0 Å². The Balaban J connectivity index is 1.92. The van der Waals surface area contributed by atoms with Gasteiger partial charge in [-0.1, -0.05) is 23.7 Å². The summed E-state index contributed by atoms with van der Waals surface area (Å²) in [5, 5.41) is 7.07. The van der Waals surface area contributed by atoms with Crippen molar-refractivity contribution in [1.82, 2.24) is 14.8 Å². The summed E-state index contributed by atoms with van der Waals surface area (Å²) in [4.78, 5) is 4.42. The Labute approximate surface area is 132 Å². The van der Waals surface area contributed by atoms with E-state index in [1.54, 1.807) is 12.4 Å². The van der Waals surface area contributed by atoms with Crippen molar-refractivity contribution in [2.24, 2.45) is 0 Å². The first-order valence-corrected chi connectivity index (χ1v) is 7.86. The monoisotopic (exact) mass is 318 g/mol. The van der Waals surface area contributed by atoms with Crippen molar-refractivity contribution in [2.45, 2.75) is 24.9 Å². The van der Waals surface area contributed by atoms with E-state index in [0.717, 1.165) is 21.6 Å². The first-order valence-electron chi connectivity index (χ1n) is 6.66. The molecule has 0 bridgehead atoms. The average molecular weight is 319 g/mol. The second-order valence-corrected chi connectivity index (χ2v) is 6.14. The number of benzene rings is 1. The maximum atomic E-state index is 6.31. The van der Waals surface area contributed by atoms with Gasteiger partial charge in [0.2, 0.25) is 0 Å². The molecule has 1 aromatic carbocycles. The number of anilines is 1. The van der Waals surface area contributed by atoms with Crippen molar-refractivity contribution in [3.8, 4) is 0 Å². The Morgan fingerprint density at radius 3 is 2.86 bits per heavy atom. The number of hydrogen-bond acceptors (Lipinski definition) is 4. The maximum absolute atomic E-state index is 6.31. The Morgan fingerprint density at radius 2 is 2.05 bits per heavy atom. The maximum Gasteiger partial charge on any atom is 0.115 e. The van der Waals surface area contributed by atoms with E-state index in [-0.39, 0.29) is 0 Å². The predicted molar refractivity (Wildman–Crippen MR) is 88.8 cm³/mol. The molecule has 0 aliphatic carbocycles. The Hall–Kier alpha value is -1.72. The molecule has 108 valence electrons. The summed E-state index contributed by atoms with van der Waals surface area (Å²) in [6.45, 7) is 4.20. The van der Waals surface area contributed by atoms with E-state index in [1.165, 1.54) is 11.9 Å². The molecule has 21 heavy (non-hydrogen) atoms. The smallest absolute Gasteiger partial charge is 0.115 e. The fourth-order valence-corrected chi connectivity index (χ4v) is 3.24. The van der Waals surface area contributed by atoms with E-state index in [4.69, 9.17) is 11.6 Å². The van der Waals surface area contributed by atoms with Crippen molar-refractivity contribution in [3.05, 3.63) is 47.7 Å². The molecule has 0 atom stereocenters. The molecule has 2 heterocycles. The van der Waals surface area contributed by atoms with Crippen LogP contribution in [0, 0.1) is 0 Å². The molecule has 0 saturated carbocycles. The minimum absolute atomic E-state index is 0.311. The van der Waals surface area contributed by atoms with Crippen molar-refractivity contribution in [3.63, 3.8) is 0 Å². The molecule has 0 spiro atoms. The molecule has 0 unspecified atom stereocenters. The van der Waals surface area contributed by atoms with Gasteiger partial charge in [-0.15, -0.1) is 0 Å². The van der Waals surface area contributed by atoms with E-state index in [9.17, 15) is 0 Å². The Bertz CT molecular complexity index is 769. The second-order valence-electron chi connectivity index (χ2n) is 4.91. The second kappa shape index (κ2) is 5.95. The summed E-state index contributed by atoms with van der Waals surface area (Å²) < 4.78 is 5.28. The van der Waals surface area contributed by atoms with Crippen LogP contribution < -0.4 is 4.72 Å². The van der Waals surface area contributed by atoms with E-state index in [1.807, 2.05) is 35.0 Å². The van der Waals surface area contributed by atoms with Crippen LogP contribution in [0.15, 0.2) is 47.8 Å². The lowest BCUT2D eigenvalue weighted by molar-refractivity contribution is 0.493. The number of rotatable bonds is 4. The van der Waals surface area contributed by atoms with Crippen LogP contribution in [0.3, 0.4) is 0 Å². The zero-order valence-corrected chi connectivity index (χ0v) is 13.3. The lowest BCUT2D eigenvalue weighted by Crippen LogP contribution is -2.05. The van der Waals surface area contributed by atoms with E-state index < -0.39 is 0 Å². The van der Waals surface area contributed by atoms with Gasteiger partial charge in [0.1, 0.15) is 5.03 Å². The summed E-state index contributed by atoms with van der Waals surface area (Å²) >= 11 is 7.80. The minimum Gasteiger partial charge on any atom is -0.321 e. The van der Waals surface area contributed by atoms with Gasteiger partial charge < -0.3 is 4.72 Å². The fourth-order valence-electron chi connectivity index (χ4n) is 2.09. The molecular formula is C15H15ClN4S. The van der Waals surface area contributed by atoms with Crippen molar-refractivity contribution < 1.29 is 0 Å². The molecule has 0 radical (unpaired) electrons.